The van der Waals surface area contributed by atoms with Crippen molar-refractivity contribution in [2.75, 3.05) is 6.61 Å². The van der Waals surface area contributed by atoms with Gasteiger partial charge >= 0.3 is 5.97 Å². The molecule has 0 spiro atoms. The van der Waals surface area contributed by atoms with E-state index in [1.807, 2.05) is 0 Å². The second kappa shape index (κ2) is 9.81. The number of esters is 1. The number of sulfonamides is 1. The average Bonchev–Trinajstić information content (AvgIpc) is 3.09. The van der Waals surface area contributed by atoms with E-state index in [9.17, 15) is 28.1 Å². The van der Waals surface area contributed by atoms with Gasteiger partial charge in [-0.1, -0.05) is 12.1 Å². The van der Waals surface area contributed by atoms with Crippen LogP contribution in [0.1, 0.15) is 27.3 Å². The van der Waals surface area contributed by atoms with Gasteiger partial charge in [0.2, 0.25) is 15.8 Å². The number of hydrogen-bond donors (Lipinski definition) is 1. The van der Waals surface area contributed by atoms with Crippen molar-refractivity contribution in [3.8, 4) is 5.69 Å². The topological polar surface area (TPSA) is 152 Å². The van der Waals surface area contributed by atoms with Crippen LogP contribution in [0.4, 0.5) is 5.69 Å². The highest BCUT2D eigenvalue weighted by Gasteiger charge is 2.18. The number of hydrogen-bond acceptors (Lipinski definition) is 7. The van der Waals surface area contributed by atoms with E-state index in [0.717, 1.165) is 11.8 Å². The normalized spacial score (nSPS) is 11.5. The molecule has 0 aliphatic rings. The van der Waals surface area contributed by atoms with Gasteiger partial charge in [0, 0.05) is 40.8 Å². The fourth-order valence-corrected chi connectivity index (χ4v) is 3.91. The zero-order chi connectivity index (χ0) is 25.0. The van der Waals surface area contributed by atoms with Crippen molar-refractivity contribution in [3.05, 3.63) is 93.3 Å². The summed E-state index contributed by atoms with van der Waals surface area (Å²) in [6, 6.07) is 13.3. The monoisotopic (exact) mass is 483 g/mol. The molecule has 2 aromatic carbocycles. The standard InChI is InChI=1S/C23H21N3O7S/c1-15-12-21(16(2)25(15)18-7-9-20(10-8-18)34(24,31)32)22(27)14-33-23(28)11-6-17-4-3-5-19(13-17)26(29)30/h3-13H,14H2,1-2H3,(H2,24,31,32)/b11-6+. The zero-order valence-corrected chi connectivity index (χ0v) is 19.1. The van der Waals surface area contributed by atoms with Gasteiger partial charge in [-0.15, -0.1) is 0 Å². The first-order valence-corrected chi connectivity index (χ1v) is 11.5. The Morgan fingerprint density at radius 3 is 2.41 bits per heavy atom. The molecule has 0 bridgehead atoms. The largest absolute Gasteiger partial charge is 0.454 e. The van der Waals surface area contributed by atoms with Crippen LogP contribution in [-0.4, -0.2) is 36.3 Å². The quantitative estimate of drug-likeness (QED) is 0.170. The van der Waals surface area contributed by atoms with E-state index in [2.05, 4.69) is 0 Å². The van der Waals surface area contributed by atoms with Crippen molar-refractivity contribution in [2.24, 2.45) is 5.14 Å². The van der Waals surface area contributed by atoms with Gasteiger partial charge in [0.15, 0.2) is 6.61 Å². The number of nitrogens with two attached hydrogens (primary N) is 1. The van der Waals surface area contributed by atoms with E-state index in [0.29, 0.717) is 22.5 Å². The summed E-state index contributed by atoms with van der Waals surface area (Å²) in [4.78, 5) is 34.9. The van der Waals surface area contributed by atoms with E-state index in [1.54, 1.807) is 42.7 Å². The second-order valence-corrected chi connectivity index (χ2v) is 8.94. The van der Waals surface area contributed by atoms with E-state index < -0.39 is 33.3 Å². The van der Waals surface area contributed by atoms with Crippen molar-refractivity contribution < 1.29 is 27.7 Å². The minimum absolute atomic E-state index is 0.0277. The molecule has 0 saturated carbocycles. The highest BCUT2D eigenvalue weighted by molar-refractivity contribution is 7.89. The molecule has 1 aromatic heterocycles. The first kappa shape index (κ1) is 24.6. The molecule has 0 aliphatic carbocycles. The molecule has 11 heteroatoms. The highest BCUT2D eigenvalue weighted by atomic mass is 32.2. The van der Waals surface area contributed by atoms with Crippen molar-refractivity contribution >= 4 is 33.5 Å². The third-order valence-corrected chi connectivity index (χ3v) is 5.92. The van der Waals surface area contributed by atoms with Crippen LogP contribution >= 0.6 is 0 Å². The lowest BCUT2D eigenvalue weighted by molar-refractivity contribution is -0.384. The van der Waals surface area contributed by atoms with Gasteiger partial charge in [-0.2, -0.15) is 0 Å². The van der Waals surface area contributed by atoms with Crippen LogP contribution < -0.4 is 5.14 Å². The molecular formula is C23H21N3O7S. The Kier molecular flexibility index (Phi) is 7.08. The number of aromatic nitrogens is 1. The van der Waals surface area contributed by atoms with Gasteiger partial charge < -0.3 is 9.30 Å². The molecule has 0 fully saturated rings. The maximum atomic E-state index is 12.7. The number of nitrogens with zero attached hydrogens (tertiary/aromatic N) is 2. The molecule has 3 aromatic rings. The lowest BCUT2D eigenvalue weighted by Crippen LogP contribution is -2.13. The van der Waals surface area contributed by atoms with Crippen LogP contribution in [0.5, 0.6) is 0 Å². The molecule has 0 radical (unpaired) electrons. The number of rotatable bonds is 8. The molecule has 0 atom stereocenters. The number of benzene rings is 2. The molecule has 0 unspecified atom stereocenters. The maximum Gasteiger partial charge on any atom is 0.331 e. The second-order valence-electron chi connectivity index (χ2n) is 7.38. The summed E-state index contributed by atoms with van der Waals surface area (Å²) >= 11 is 0. The van der Waals surface area contributed by atoms with Gasteiger partial charge in [-0.05, 0) is 55.8 Å². The molecular weight excluding hydrogens is 462 g/mol. The number of carbonyl (C=O) groups is 2. The summed E-state index contributed by atoms with van der Waals surface area (Å²) in [5.74, 6) is -1.19. The van der Waals surface area contributed by atoms with E-state index in [-0.39, 0.29) is 10.6 Å². The first-order valence-electron chi connectivity index (χ1n) is 9.92. The summed E-state index contributed by atoms with van der Waals surface area (Å²) in [5, 5.41) is 16.0. The molecule has 34 heavy (non-hydrogen) atoms. The number of non-ortho nitro benzene ring substituents is 1. The number of Topliss-reactive ketones (excluding diaryl/α,β-unsaturated/α-hetero) is 1. The number of nitro benzene ring substituents is 1. The minimum atomic E-state index is -3.82. The summed E-state index contributed by atoms with van der Waals surface area (Å²) in [7, 11) is -3.82. The Hall–Kier alpha value is -4.09. The predicted octanol–water partition coefficient (Wildman–Crippen LogP) is 3.09. The van der Waals surface area contributed by atoms with Crippen LogP contribution in [0.3, 0.4) is 0 Å². The average molecular weight is 484 g/mol. The Labute approximate surface area is 195 Å². The van der Waals surface area contributed by atoms with Crippen LogP contribution in [0.15, 0.2) is 65.6 Å². The summed E-state index contributed by atoms with van der Waals surface area (Å²) in [6.07, 6.45) is 2.44. The van der Waals surface area contributed by atoms with E-state index >= 15 is 0 Å². The lowest BCUT2D eigenvalue weighted by atomic mass is 10.1. The molecule has 2 N–H and O–H groups in total. The smallest absolute Gasteiger partial charge is 0.331 e. The van der Waals surface area contributed by atoms with Crippen molar-refractivity contribution in [3.63, 3.8) is 0 Å². The molecule has 1 heterocycles. The Morgan fingerprint density at radius 1 is 1.12 bits per heavy atom. The van der Waals surface area contributed by atoms with Crippen LogP contribution in [0.2, 0.25) is 0 Å². The molecule has 176 valence electrons. The molecule has 0 aliphatic heterocycles. The minimum Gasteiger partial charge on any atom is -0.454 e. The number of primary sulfonamides is 1. The summed E-state index contributed by atoms with van der Waals surface area (Å²) in [5.41, 5.74) is 2.63. The third-order valence-electron chi connectivity index (χ3n) is 4.99. The molecule has 10 nitrogen and oxygen atoms in total. The van der Waals surface area contributed by atoms with Crippen molar-refractivity contribution in [1.82, 2.24) is 4.57 Å². The van der Waals surface area contributed by atoms with Gasteiger partial charge in [-0.3, -0.25) is 14.9 Å². The Bertz CT molecular complexity index is 1400. The molecule has 3 rings (SSSR count). The van der Waals surface area contributed by atoms with Crippen molar-refractivity contribution in [1.29, 1.82) is 0 Å². The summed E-state index contributed by atoms with van der Waals surface area (Å²) < 4.78 is 29.7. The molecule has 0 saturated heterocycles. The Balaban J connectivity index is 1.69. The Morgan fingerprint density at radius 2 is 1.79 bits per heavy atom. The van der Waals surface area contributed by atoms with Crippen molar-refractivity contribution in [2.45, 2.75) is 18.7 Å². The van der Waals surface area contributed by atoms with Gasteiger partial charge in [0.25, 0.3) is 5.69 Å². The molecule has 0 amide bonds. The number of ketones is 1. The van der Waals surface area contributed by atoms with Crippen LogP contribution in [0.25, 0.3) is 11.8 Å². The predicted molar refractivity (Wildman–Crippen MR) is 124 cm³/mol. The van der Waals surface area contributed by atoms with Gasteiger partial charge in [0.1, 0.15) is 0 Å². The van der Waals surface area contributed by atoms with Gasteiger partial charge in [-0.25, -0.2) is 18.4 Å². The fraction of sp³-hybridized carbons (Fsp3) is 0.130. The first-order chi connectivity index (χ1) is 16.0. The third kappa shape index (κ3) is 5.63. The zero-order valence-electron chi connectivity index (χ0n) is 18.3. The highest BCUT2D eigenvalue weighted by Crippen LogP contribution is 2.22. The van der Waals surface area contributed by atoms with Crippen LogP contribution in [0, 0.1) is 24.0 Å². The van der Waals surface area contributed by atoms with Crippen LogP contribution in [-0.2, 0) is 19.6 Å². The number of nitro groups is 1. The summed E-state index contributed by atoms with van der Waals surface area (Å²) in [6.45, 7) is 3.01. The maximum absolute atomic E-state index is 12.7. The number of aryl methyl sites for hydroxylation is 1. The van der Waals surface area contributed by atoms with E-state index in [4.69, 9.17) is 9.88 Å². The van der Waals surface area contributed by atoms with Gasteiger partial charge in [0.05, 0.1) is 9.82 Å². The SMILES string of the molecule is Cc1cc(C(=O)COC(=O)/C=C/c2cccc([N+](=O)[O-])c2)c(C)n1-c1ccc(S(N)(=O)=O)cc1. The lowest BCUT2D eigenvalue weighted by Gasteiger charge is -2.10. The number of ether oxygens (including phenoxy) is 1. The number of carbonyl (C=O) groups excluding carboxylic acids is 2. The van der Waals surface area contributed by atoms with E-state index in [1.165, 1.54) is 36.4 Å². The fourth-order valence-electron chi connectivity index (χ4n) is 3.40.